The van der Waals surface area contributed by atoms with E-state index < -0.39 is 0 Å². The van der Waals surface area contributed by atoms with Crippen LogP contribution in [0.15, 0.2) is 4.99 Å². The summed E-state index contributed by atoms with van der Waals surface area (Å²) < 4.78 is 0. The Labute approximate surface area is 91.5 Å². The Morgan fingerprint density at radius 1 is 1.40 bits per heavy atom. The molecule has 0 radical (unpaired) electrons. The monoisotopic (exact) mass is 214 g/mol. The van der Waals surface area contributed by atoms with E-state index in [0.29, 0.717) is 25.0 Å². The van der Waals surface area contributed by atoms with E-state index in [1.54, 1.807) is 6.92 Å². The van der Waals surface area contributed by atoms with Gasteiger partial charge in [-0.1, -0.05) is 13.8 Å². The third kappa shape index (κ3) is 6.76. The average Bonchev–Trinajstić information content (AvgIpc) is 2.14. The van der Waals surface area contributed by atoms with Crippen LogP contribution in [-0.4, -0.2) is 31.0 Å². The number of nitrogens with two attached hydrogens (primary N) is 1. The van der Waals surface area contributed by atoms with Crippen molar-refractivity contribution in [3.63, 3.8) is 0 Å². The summed E-state index contributed by atoms with van der Waals surface area (Å²) in [5.41, 5.74) is 5.54. The van der Waals surface area contributed by atoms with E-state index >= 15 is 0 Å². The molecule has 1 unspecified atom stereocenters. The maximum absolute atomic E-state index is 11.5. The number of hydrogen-bond acceptors (Lipinski definition) is 2. The highest BCUT2D eigenvalue weighted by atomic mass is 16.2. The summed E-state index contributed by atoms with van der Waals surface area (Å²) in [4.78, 5) is 15.4. The molecule has 88 valence electrons. The van der Waals surface area contributed by atoms with Crippen molar-refractivity contribution < 1.29 is 4.79 Å². The molecule has 0 heterocycles. The van der Waals surface area contributed by atoms with E-state index in [-0.39, 0.29) is 11.9 Å². The minimum Gasteiger partial charge on any atom is -0.370 e. The van der Waals surface area contributed by atoms with Gasteiger partial charge < -0.3 is 16.4 Å². The van der Waals surface area contributed by atoms with Gasteiger partial charge in [0.2, 0.25) is 5.91 Å². The molecule has 1 amide bonds. The number of amides is 1. The standard InChI is InChI=1S/C10H22N4O/c1-5-12-10(11)14-8(4)9(15)13-6-7(2)3/h7-8H,5-6H2,1-4H3,(H,13,15)(H3,11,12,14). The minimum atomic E-state index is -0.348. The van der Waals surface area contributed by atoms with Crippen molar-refractivity contribution in [1.82, 2.24) is 10.6 Å². The van der Waals surface area contributed by atoms with Crippen molar-refractivity contribution in [2.45, 2.75) is 33.7 Å². The summed E-state index contributed by atoms with van der Waals surface area (Å²) in [6, 6.07) is -0.348. The molecule has 0 saturated carbocycles. The molecule has 15 heavy (non-hydrogen) atoms. The lowest BCUT2D eigenvalue weighted by Crippen LogP contribution is -2.48. The number of guanidine groups is 1. The maximum Gasteiger partial charge on any atom is 0.242 e. The summed E-state index contributed by atoms with van der Waals surface area (Å²) >= 11 is 0. The minimum absolute atomic E-state index is 0.0575. The Morgan fingerprint density at radius 3 is 2.47 bits per heavy atom. The largest absolute Gasteiger partial charge is 0.370 e. The SMILES string of the molecule is CCN=C(N)NC(C)C(=O)NCC(C)C. The molecule has 0 spiro atoms. The zero-order valence-electron chi connectivity index (χ0n) is 10.0. The number of carbonyl (C=O) groups is 1. The molecule has 0 aromatic rings. The van der Waals surface area contributed by atoms with Crippen LogP contribution in [0.1, 0.15) is 27.7 Å². The first-order valence-electron chi connectivity index (χ1n) is 5.31. The summed E-state index contributed by atoms with van der Waals surface area (Å²) in [6.45, 7) is 9.02. The Kier molecular flexibility index (Phi) is 6.49. The molecular formula is C10H22N4O. The van der Waals surface area contributed by atoms with Crippen molar-refractivity contribution in [1.29, 1.82) is 0 Å². The van der Waals surface area contributed by atoms with Gasteiger partial charge in [-0.15, -0.1) is 0 Å². The van der Waals surface area contributed by atoms with Crippen LogP contribution in [0.25, 0.3) is 0 Å². The van der Waals surface area contributed by atoms with E-state index in [1.165, 1.54) is 0 Å². The Morgan fingerprint density at radius 2 is 2.00 bits per heavy atom. The predicted octanol–water partition coefficient (Wildman–Crippen LogP) is 0.0713. The highest BCUT2D eigenvalue weighted by molar-refractivity contribution is 5.87. The van der Waals surface area contributed by atoms with E-state index in [9.17, 15) is 4.79 Å². The fourth-order valence-electron chi connectivity index (χ4n) is 0.961. The maximum atomic E-state index is 11.5. The zero-order valence-corrected chi connectivity index (χ0v) is 10.0. The molecule has 0 saturated heterocycles. The summed E-state index contributed by atoms with van der Waals surface area (Å²) in [7, 11) is 0. The van der Waals surface area contributed by atoms with Crippen molar-refractivity contribution in [2.75, 3.05) is 13.1 Å². The van der Waals surface area contributed by atoms with Gasteiger partial charge in [0.05, 0.1) is 0 Å². The van der Waals surface area contributed by atoms with Gasteiger partial charge in [-0.05, 0) is 19.8 Å². The Hall–Kier alpha value is -1.26. The predicted molar refractivity (Wildman–Crippen MR) is 62.6 cm³/mol. The van der Waals surface area contributed by atoms with Crippen LogP contribution in [0.2, 0.25) is 0 Å². The van der Waals surface area contributed by atoms with Crippen molar-refractivity contribution in [2.24, 2.45) is 16.6 Å². The van der Waals surface area contributed by atoms with Crippen LogP contribution < -0.4 is 16.4 Å². The summed E-state index contributed by atoms with van der Waals surface area (Å²) in [6.07, 6.45) is 0. The molecule has 0 rings (SSSR count). The Balaban J connectivity index is 3.93. The highest BCUT2D eigenvalue weighted by Gasteiger charge is 2.12. The lowest BCUT2D eigenvalue weighted by atomic mass is 10.2. The third-order valence-corrected chi connectivity index (χ3v) is 1.77. The first kappa shape index (κ1) is 13.7. The second kappa shape index (κ2) is 7.09. The summed E-state index contributed by atoms with van der Waals surface area (Å²) in [5, 5.41) is 5.64. The molecule has 4 N–H and O–H groups in total. The van der Waals surface area contributed by atoms with Gasteiger partial charge in [0.1, 0.15) is 6.04 Å². The summed E-state index contributed by atoms with van der Waals surface area (Å²) in [5.74, 6) is 0.699. The zero-order chi connectivity index (χ0) is 11.8. The quantitative estimate of drug-likeness (QED) is 0.447. The number of nitrogens with one attached hydrogen (secondary N) is 2. The van der Waals surface area contributed by atoms with Crippen LogP contribution in [0, 0.1) is 5.92 Å². The highest BCUT2D eigenvalue weighted by Crippen LogP contribution is 1.88. The normalized spacial score (nSPS) is 13.8. The van der Waals surface area contributed by atoms with E-state index in [4.69, 9.17) is 5.73 Å². The molecule has 0 bridgehead atoms. The van der Waals surface area contributed by atoms with Crippen molar-refractivity contribution >= 4 is 11.9 Å². The van der Waals surface area contributed by atoms with Crippen LogP contribution in [-0.2, 0) is 4.79 Å². The van der Waals surface area contributed by atoms with E-state index in [0.717, 1.165) is 0 Å². The molecule has 0 aromatic carbocycles. The van der Waals surface area contributed by atoms with Gasteiger partial charge in [0.25, 0.3) is 0 Å². The second-order valence-corrected chi connectivity index (χ2v) is 3.86. The van der Waals surface area contributed by atoms with E-state index in [1.807, 2.05) is 20.8 Å². The molecular weight excluding hydrogens is 192 g/mol. The molecule has 5 heteroatoms. The fraction of sp³-hybridized carbons (Fsp3) is 0.800. The van der Waals surface area contributed by atoms with Gasteiger partial charge in [-0.2, -0.15) is 0 Å². The first-order valence-corrected chi connectivity index (χ1v) is 5.31. The van der Waals surface area contributed by atoms with Gasteiger partial charge in [0, 0.05) is 13.1 Å². The molecule has 0 aliphatic heterocycles. The number of rotatable bonds is 5. The third-order valence-electron chi connectivity index (χ3n) is 1.77. The van der Waals surface area contributed by atoms with Gasteiger partial charge in [0.15, 0.2) is 5.96 Å². The van der Waals surface area contributed by atoms with Crippen LogP contribution >= 0.6 is 0 Å². The van der Waals surface area contributed by atoms with Crippen molar-refractivity contribution in [3.05, 3.63) is 0 Å². The van der Waals surface area contributed by atoms with E-state index in [2.05, 4.69) is 15.6 Å². The first-order chi connectivity index (χ1) is 6.97. The molecule has 0 aliphatic carbocycles. The molecule has 5 nitrogen and oxygen atoms in total. The topological polar surface area (TPSA) is 79.5 Å². The Bertz CT molecular complexity index is 225. The number of aliphatic imine (C=N–C) groups is 1. The lowest BCUT2D eigenvalue weighted by molar-refractivity contribution is -0.122. The number of carbonyl (C=O) groups excluding carboxylic acids is 1. The number of nitrogens with zero attached hydrogens (tertiary/aromatic N) is 1. The van der Waals surface area contributed by atoms with Crippen LogP contribution in [0.3, 0.4) is 0 Å². The van der Waals surface area contributed by atoms with Gasteiger partial charge in [-0.25, -0.2) is 0 Å². The molecule has 0 fully saturated rings. The van der Waals surface area contributed by atoms with Crippen LogP contribution in [0.5, 0.6) is 0 Å². The second-order valence-electron chi connectivity index (χ2n) is 3.86. The smallest absolute Gasteiger partial charge is 0.242 e. The van der Waals surface area contributed by atoms with Gasteiger partial charge >= 0.3 is 0 Å². The molecule has 1 atom stereocenters. The number of hydrogen-bond donors (Lipinski definition) is 3. The molecule has 0 aliphatic rings. The van der Waals surface area contributed by atoms with Crippen LogP contribution in [0.4, 0.5) is 0 Å². The average molecular weight is 214 g/mol. The fourth-order valence-corrected chi connectivity index (χ4v) is 0.961. The van der Waals surface area contributed by atoms with Crippen molar-refractivity contribution in [3.8, 4) is 0 Å². The lowest BCUT2D eigenvalue weighted by Gasteiger charge is -2.15. The van der Waals surface area contributed by atoms with Gasteiger partial charge in [-0.3, -0.25) is 9.79 Å². The molecule has 0 aromatic heterocycles.